The van der Waals surface area contributed by atoms with Crippen LogP contribution in [0.5, 0.6) is 5.75 Å². The van der Waals surface area contributed by atoms with Crippen molar-refractivity contribution in [2.24, 2.45) is 0 Å². The van der Waals surface area contributed by atoms with Crippen LogP contribution in [0.25, 0.3) is 0 Å². The van der Waals surface area contributed by atoms with Gasteiger partial charge in [-0.05, 0) is 38.8 Å². The molecular formula is C12H15NO2. The lowest BCUT2D eigenvalue weighted by atomic mass is 10.1. The largest absolute Gasteiger partial charge is 0.508 e. The van der Waals surface area contributed by atoms with E-state index in [1.165, 1.54) is 0 Å². The average molecular weight is 205 g/mol. The molecule has 0 aromatic heterocycles. The molecule has 1 aliphatic rings. The molecular weight excluding hydrogens is 190 g/mol. The molecule has 0 spiro atoms. The standard InChI is InChI=1S/C12H15NO2/c1-8-9(4-3-5-10(8)14)11(15)13-12(2)6-7-12/h3-5,14H,6-7H2,1-2H3,(H,13,15). The molecule has 0 heterocycles. The topological polar surface area (TPSA) is 49.3 Å². The number of phenolic OH excluding ortho intramolecular Hbond substituents is 1. The molecule has 3 nitrogen and oxygen atoms in total. The van der Waals surface area contributed by atoms with Crippen LogP contribution < -0.4 is 5.32 Å². The van der Waals surface area contributed by atoms with Crippen molar-refractivity contribution < 1.29 is 9.90 Å². The maximum absolute atomic E-state index is 11.9. The fourth-order valence-electron chi connectivity index (χ4n) is 1.52. The van der Waals surface area contributed by atoms with Crippen molar-refractivity contribution in [3.05, 3.63) is 29.3 Å². The van der Waals surface area contributed by atoms with Gasteiger partial charge in [0.25, 0.3) is 5.91 Å². The zero-order valence-corrected chi connectivity index (χ0v) is 9.00. The highest BCUT2D eigenvalue weighted by Gasteiger charge is 2.39. The van der Waals surface area contributed by atoms with Crippen LogP contribution >= 0.6 is 0 Å². The molecule has 0 radical (unpaired) electrons. The third-order valence-corrected chi connectivity index (χ3v) is 2.97. The fraction of sp³-hybridized carbons (Fsp3) is 0.417. The summed E-state index contributed by atoms with van der Waals surface area (Å²) >= 11 is 0. The second-order valence-electron chi connectivity index (χ2n) is 4.46. The van der Waals surface area contributed by atoms with Gasteiger partial charge >= 0.3 is 0 Å². The fourth-order valence-corrected chi connectivity index (χ4v) is 1.52. The molecule has 0 bridgehead atoms. The molecule has 1 aromatic carbocycles. The van der Waals surface area contributed by atoms with Gasteiger partial charge in [-0.2, -0.15) is 0 Å². The number of carbonyl (C=O) groups is 1. The predicted octanol–water partition coefficient (Wildman–Crippen LogP) is 1.98. The summed E-state index contributed by atoms with van der Waals surface area (Å²) in [4.78, 5) is 11.9. The second-order valence-corrected chi connectivity index (χ2v) is 4.46. The van der Waals surface area contributed by atoms with Crippen molar-refractivity contribution in [3.63, 3.8) is 0 Å². The van der Waals surface area contributed by atoms with Crippen molar-refractivity contribution in [1.29, 1.82) is 0 Å². The Morgan fingerprint density at radius 2 is 2.13 bits per heavy atom. The maximum atomic E-state index is 11.9. The van der Waals surface area contributed by atoms with E-state index in [1.54, 1.807) is 25.1 Å². The quantitative estimate of drug-likeness (QED) is 0.775. The molecule has 0 unspecified atom stereocenters. The van der Waals surface area contributed by atoms with Gasteiger partial charge < -0.3 is 10.4 Å². The van der Waals surface area contributed by atoms with Crippen LogP contribution in [0.15, 0.2) is 18.2 Å². The number of nitrogens with one attached hydrogen (secondary N) is 1. The van der Waals surface area contributed by atoms with Gasteiger partial charge in [-0.15, -0.1) is 0 Å². The molecule has 0 saturated heterocycles. The smallest absolute Gasteiger partial charge is 0.252 e. The first kappa shape index (κ1) is 10.0. The lowest BCUT2D eigenvalue weighted by molar-refractivity contribution is 0.0934. The highest BCUT2D eigenvalue weighted by molar-refractivity contribution is 5.96. The van der Waals surface area contributed by atoms with E-state index in [9.17, 15) is 9.90 Å². The number of aromatic hydroxyl groups is 1. The number of hydrogen-bond donors (Lipinski definition) is 2. The van der Waals surface area contributed by atoms with Gasteiger partial charge in [-0.1, -0.05) is 6.07 Å². The van der Waals surface area contributed by atoms with Crippen molar-refractivity contribution in [3.8, 4) is 5.75 Å². The van der Waals surface area contributed by atoms with Crippen LogP contribution in [-0.2, 0) is 0 Å². The normalized spacial score (nSPS) is 17.2. The third kappa shape index (κ3) is 1.96. The molecule has 3 heteroatoms. The highest BCUT2D eigenvalue weighted by atomic mass is 16.3. The van der Waals surface area contributed by atoms with E-state index in [-0.39, 0.29) is 17.2 Å². The molecule has 1 saturated carbocycles. The molecule has 1 aliphatic carbocycles. The van der Waals surface area contributed by atoms with Gasteiger partial charge in [0, 0.05) is 16.7 Å². The van der Waals surface area contributed by atoms with Crippen molar-refractivity contribution in [2.45, 2.75) is 32.2 Å². The Labute approximate surface area is 89.1 Å². The van der Waals surface area contributed by atoms with E-state index in [1.807, 2.05) is 6.92 Å². The van der Waals surface area contributed by atoms with Crippen molar-refractivity contribution in [2.75, 3.05) is 0 Å². The Morgan fingerprint density at radius 1 is 1.47 bits per heavy atom. The summed E-state index contributed by atoms with van der Waals surface area (Å²) in [5, 5.41) is 12.4. The van der Waals surface area contributed by atoms with Crippen molar-refractivity contribution in [1.82, 2.24) is 5.32 Å². The number of phenols is 1. The van der Waals surface area contributed by atoms with E-state index < -0.39 is 0 Å². The third-order valence-electron chi connectivity index (χ3n) is 2.97. The van der Waals surface area contributed by atoms with Crippen molar-refractivity contribution >= 4 is 5.91 Å². The number of amides is 1. The maximum Gasteiger partial charge on any atom is 0.252 e. The molecule has 15 heavy (non-hydrogen) atoms. The number of hydrogen-bond acceptors (Lipinski definition) is 2. The Balaban J connectivity index is 2.21. The first-order chi connectivity index (χ1) is 7.02. The van der Waals surface area contributed by atoms with Gasteiger partial charge in [0.15, 0.2) is 0 Å². The minimum atomic E-state index is -0.0941. The monoisotopic (exact) mass is 205 g/mol. The molecule has 0 atom stereocenters. The second kappa shape index (κ2) is 3.26. The number of rotatable bonds is 2. The lowest BCUT2D eigenvalue weighted by Crippen LogP contribution is -2.34. The van der Waals surface area contributed by atoms with Gasteiger partial charge in [0.1, 0.15) is 5.75 Å². The summed E-state index contributed by atoms with van der Waals surface area (Å²) in [7, 11) is 0. The Bertz CT molecular complexity index is 408. The highest BCUT2D eigenvalue weighted by Crippen LogP contribution is 2.34. The van der Waals surface area contributed by atoms with Crippen LogP contribution in [0, 0.1) is 6.92 Å². The Kier molecular flexibility index (Phi) is 2.18. The number of carbonyl (C=O) groups excluding carboxylic acids is 1. The molecule has 1 fully saturated rings. The van der Waals surface area contributed by atoms with E-state index in [2.05, 4.69) is 5.32 Å². The summed E-state index contributed by atoms with van der Waals surface area (Å²) in [6, 6.07) is 5.01. The van der Waals surface area contributed by atoms with E-state index in [0.29, 0.717) is 11.1 Å². The van der Waals surface area contributed by atoms with Crippen LogP contribution in [0.2, 0.25) is 0 Å². The van der Waals surface area contributed by atoms with Gasteiger partial charge in [-0.25, -0.2) is 0 Å². The van der Waals surface area contributed by atoms with Crippen LogP contribution in [0.3, 0.4) is 0 Å². The Morgan fingerprint density at radius 3 is 2.73 bits per heavy atom. The zero-order chi connectivity index (χ0) is 11.1. The minimum Gasteiger partial charge on any atom is -0.508 e. The molecule has 2 N–H and O–H groups in total. The summed E-state index contributed by atoms with van der Waals surface area (Å²) < 4.78 is 0. The SMILES string of the molecule is Cc1c(O)cccc1C(=O)NC1(C)CC1. The van der Waals surface area contributed by atoms with Crippen LogP contribution in [0.1, 0.15) is 35.7 Å². The molecule has 1 amide bonds. The molecule has 2 rings (SSSR count). The molecule has 0 aliphatic heterocycles. The van der Waals surface area contributed by atoms with E-state index >= 15 is 0 Å². The Hall–Kier alpha value is -1.51. The van der Waals surface area contributed by atoms with E-state index in [0.717, 1.165) is 12.8 Å². The zero-order valence-electron chi connectivity index (χ0n) is 9.00. The van der Waals surface area contributed by atoms with Crippen LogP contribution in [0.4, 0.5) is 0 Å². The molecule has 1 aromatic rings. The summed E-state index contributed by atoms with van der Waals surface area (Å²) in [6.07, 6.45) is 2.08. The van der Waals surface area contributed by atoms with E-state index in [4.69, 9.17) is 0 Å². The van der Waals surface area contributed by atoms with Gasteiger partial charge in [0.2, 0.25) is 0 Å². The predicted molar refractivity (Wildman–Crippen MR) is 57.9 cm³/mol. The summed E-state index contributed by atoms with van der Waals surface area (Å²) in [5.74, 6) is 0.0759. The van der Waals surface area contributed by atoms with Gasteiger partial charge in [0.05, 0.1) is 0 Å². The first-order valence-electron chi connectivity index (χ1n) is 5.13. The summed E-state index contributed by atoms with van der Waals surface area (Å²) in [5.41, 5.74) is 1.18. The molecule has 80 valence electrons. The van der Waals surface area contributed by atoms with Gasteiger partial charge in [-0.3, -0.25) is 4.79 Å². The summed E-state index contributed by atoms with van der Waals surface area (Å²) in [6.45, 7) is 3.78. The average Bonchev–Trinajstić information content (AvgIpc) is 2.88. The minimum absolute atomic E-state index is 0.0189. The lowest BCUT2D eigenvalue weighted by Gasteiger charge is -2.13. The first-order valence-corrected chi connectivity index (χ1v) is 5.13. The number of benzene rings is 1. The van der Waals surface area contributed by atoms with Crippen LogP contribution in [-0.4, -0.2) is 16.6 Å².